The summed E-state index contributed by atoms with van der Waals surface area (Å²) in [6.45, 7) is 5.68. The molecular formula is C23H27NO4S. The van der Waals surface area contributed by atoms with Crippen LogP contribution in [-0.2, 0) is 10.0 Å². The van der Waals surface area contributed by atoms with E-state index in [9.17, 15) is 13.5 Å². The first-order valence-electron chi connectivity index (χ1n) is 9.56. The third-order valence-corrected chi connectivity index (χ3v) is 6.57. The van der Waals surface area contributed by atoms with Crippen LogP contribution in [0.1, 0.15) is 31.1 Å². The molecule has 0 aliphatic heterocycles. The fourth-order valence-corrected chi connectivity index (χ4v) is 4.68. The van der Waals surface area contributed by atoms with E-state index >= 15 is 0 Å². The Hall–Kier alpha value is -2.41. The molecule has 0 unspecified atom stereocenters. The molecule has 0 aliphatic rings. The summed E-state index contributed by atoms with van der Waals surface area (Å²) in [4.78, 5) is 0.187. The lowest BCUT2D eigenvalue weighted by Crippen LogP contribution is -2.42. The van der Waals surface area contributed by atoms with Crippen LogP contribution in [0.2, 0.25) is 0 Å². The molecule has 29 heavy (non-hydrogen) atoms. The first-order valence-corrected chi connectivity index (χ1v) is 11.0. The average molecular weight is 414 g/mol. The molecule has 0 saturated carbocycles. The number of aliphatic hydroxyl groups is 1. The fraction of sp³-hybridized carbons (Fsp3) is 0.304. The largest absolute Gasteiger partial charge is 0.497 e. The number of hydrogen-bond acceptors (Lipinski definition) is 4. The van der Waals surface area contributed by atoms with E-state index in [0.717, 1.165) is 22.1 Å². The maximum absolute atomic E-state index is 12.8. The monoisotopic (exact) mass is 413 g/mol. The molecule has 2 N–H and O–H groups in total. The SMILES string of the molecule is COc1ccc2cc([C@@H](O)[C@@H](NS(=O)(=O)c3ccc(C)cc3)C(C)C)ccc2c1. The quantitative estimate of drug-likeness (QED) is 0.609. The molecule has 2 atom stereocenters. The van der Waals surface area contributed by atoms with Crippen LogP contribution in [-0.4, -0.2) is 26.7 Å². The summed E-state index contributed by atoms with van der Waals surface area (Å²) < 4.78 is 33.6. The van der Waals surface area contributed by atoms with E-state index in [0.29, 0.717) is 5.56 Å². The number of rotatable bonds is 7. The number of sulfonamides is 1. The molecule has 0 aromatic heterocycles. The van der Waals surface area contributed by atoms with Crippen LogP contribution >= 0.6 is 0 Å². The summed E-state index contributed by atoms with van der Waals surface area (Å²) in [6.07, 6.45) is -0.985. The maximum atomic E-state index is 12.8. The molecule has 0 fully saturated rings. The highest BCUT2D eigenvalue weighted by atomic mass is 32.2. The van der Waals surface area contributed by atoms with Crippen molar-refractivity contribution < 1.29 is 18.3 Å². The highest BCUT2D eigenvalue weighted by molar-refractivity contribution is 7.89. The van der Waals surface area contributed by atoms with Crippen molar-refractivity contribution in [3.8, 4) is 5.75 Å². The Bertz CT molecular complexity index is 1090. The van der Waals surface area contributed by atoms with Gasteiger partial charge in [-0.15, -0.1) is 0 Å². The number of ether oxygens (including phenoxy) is 1. The van der Waals surface area contributed by atoms with Crippen molar-refractivity contribution in [2.24, 2.45) is 5.92 Å². The van der Waals surface area contributed by atoms with Gasteiger partial charge in [-0.1, -0.05) is 49.7 Å². The molecule has 0 saturated heterocycles. The number of nitrogens with one attached hydrogen (secondary N) is 1. The second kappa shape index (κ2) is 8.53. The summed E-state index contributed by atoms with van der Waals surface area (Å²) in [6, 6.07) is 17.3. The van der Waals surface area contributed by atoms with Gasteiger partial charge in [-0.2, -0.15) is 0 Å². The third kappa shape index (κ3) is 4.78. The van der Waals surface area contributed by atoms with E-state index in [-0.39, 0.29) is 10.8 Å². The smallest absolute Gasteiger partial charge is 0.240 e. The normalized spacial score (nSPS) is 14.1. The van der Waals surface area contributed by atoms with Crippen molar-refractivity contribution in [2.45, 2.75) is 37.8 Å². The highest BCUT2D eigenvalue weighted by Gasteiger charge is 2.29. The van der Waals surface area contributed by atoms with Crippen molar-refractivity contribution in [3.05, 3.63) is 71.8 Å². The molecule has 0 spiro atoms. The van der Waals surface area contributed by atoms with Gasteiger partial charge in [0, 0.05) is 0 Å². The van der Waals surface area contributed by atoms with Crippen LogP contribution in [0.3, 0.4) is 0 Å². The average Bonchev–Trinajstić information content (AvgIpc) is 2.71. The van der Waals surface area contributed by atoms with Gasteiger partial charge in [-0.05, 0) is 59.5 Å². The molecule has 3 aromatic carbocycles. The van der Waals surface area contributed by atoms with Crippen LogP contribution in [0.4, 0.5) is 0 Å². The molecule has 0 bridgehead atoms. The van der Waals surface area contributed by atoms with Gasteiger partial charge in [0.2, 0.25) is 10.0 Å². The molecule has 3 aromatic rings. The molecule has 6 heteroatoms. The van der Waals surface area contributed by atoms with Gasteiger partial charge >= 0.3 is 0 Å². The number of fused-ring (bicyclic) bond motifs is 1. The molecule has 0 radical (unpaired) electrons. The van der Waals surface area contributed by atoms with Crippen molar-refractivity contribution in [2.75, 3.05) is 7.11 Å². The zero-order valence-electron chi connectivity index (χ0n) is 17.1. The molecule has 0 heterocycles. The van der Waals surface area contributed by atoms with E-state index in [1.807, 2.05) is 57.2 Å². The van der Waals surface area contributed by atoms with E-state index in [2.05, 4.69) is 4.72 Å². The predicted molar refractivity (Wildman–Crippen MR) is 116 cm³/mol. The van der Waals surface area contributed by atoms with Crippen molar-refractivity contribution >= 4 is 20.8 Å². The van der Waals surface area contributed by atoms with Gasteiger partial charge in [0.05, 0.1) is 24.2 Å². The first-order chi connectivity index (χ1) is 13.7. The Labute approximate surface area is 172 Å². The molecule has 3 rings (SSSR count). The highest BCUT2D eigenvalue weighted by Crippen LogP contribution is 2.28. The molecule has 5 nitrogen and oxygen atoms in total. The second-order valence-corrected chi connectivity index (χ2v) is 9.34. The summed E-state index contributed by atoms with van der Waals surface area (Å²) in [5, 5.41) is 13.0. The van der Waals surface area contributed by atoms with Crippen LogP contribution in [0.15, 0.2) is 65.6 Å². The Morgan fingerprint density at radius 2 is 1.55 bits per heavy atom. The van der Waals surface area contributed by atoms with E-state index in [4.69, 9.17) is 4.74 Å². The molecule has 0 aliphatic carbocycles. The Morgan fingerprint density at radius 3 is 2.17 bits per heavy atom. The maximum Gasteiger partial charge on any atom is 0.240 e. The van der Waals surface area contributed by atoms with E-state index < -0.39 is 22.2 Å². The summed E-state index contributed by atoms with van der Waals surface area (Å²) in [7, 11) is -2.13. The standard InChI is InChI=1S/C23H27NO4S/c1-15(2)22(24-29(26,27)21-11-5-16(3)6-12-21)23(25)19-8-7-18-14-20(28-4)10-9-17(18)13-19/h5-15,22-25H,1-4H3/t22-,23+/m0/s1. The molecule has 154 valence electrons. The second-order valence-electron chi connectivity index (χ2n) is 7.62. The lowest BCUT2D eigenvalue weighted by atomic mass is 9.93. The van der Waals surface area contributed by atoms with Crippen molar-refractivity contribution in [3.63, 3.8) is 0 Å². The first kappa shape index (κ1) is 21.3. The predicted octanol–water partition coefficient (Wildman–Crippen LogP) is 4.19. The third-order valence-electron chi connectivity index (χ3n) is 5.09. The van der Waals surface area contributed by atoms with E-state index in [1.165, 1.54) is 0 Å². The van der Waals surface area contributed by atoms with Crippen molar-refractivity contribution in [1.29, 1.82) is 0 Å². The van der Waals surface area contributed by atoms with Crippen molar-refractivity contribution in [1.82, 2.24) is 4.72 Å². The Morgan fingerprint density at radius 1 is 0.931 bits per heavy atom. The van der Waals surface area contributed by atoms with Gasteiger partial charge in [0.1, 0.15) is 5.75 Å². The minimum atomic E-state index is -3.75. The topological polar surface area (TPSA) is 75.6 Å². The number of benzene rings is 3. The number of aliphatic hydroxyl groups excluding tert-OH is 1. The lowest BCUT2D eigenvalue weighted by Gasteiger charge is -2.28. The minimum absolute atomic E-state index is 0.114. The van der Waals surface area contributed by atoms with E-state index in [1.54, 1.807) is 31.4 Å². The summed E-state index contributed by atoms with van der Waals surface area (Å²) >= 11 is 0. The fourth-order valence-electron chi connectivity index (χ4n) is 3.29. The lowest BCUT2D eigenvalue weighted by molar-refractivity contribution is 0.117. The number of methoxy groups -OCH3 is 1. The van der Waals surface area contributed by atoms with Crippen LogP contribution in [0.5, 0.6) is 5.75 Å². The van der Waals surface area contributed by atoms with Gasteiger partial charge in [0.15, 0.2) is 0 Å². The molecule has 0 amide bonds. The zero-order valence-corrected chi connectivity index (χ0v) is 17.9. The van der Waals surface area contributed by atoms with Crippen LogP contribution < -0.4 is 9.46 Å². The number of aryl methyl sites for hydroxylation is 1. The number of hydrogen-bond donors (Lipinski definition) is 2. The summed E-state index contributed by atoms with van der Waals surface area (Å²) in [5.41, 5.74) is 1.64. The van der Waals surface area contributed by atoms with Crippen LogP contribution in [0, 0.1) is 12.8 Å². The Kier molecular flexibility index (Phi) is 6.27. The minimum Gasteiger partial charge on any atom is -0.497 e. The molecular weight excluding hydrogens is 386 g/mol. The Balaban J connectivity index is 1.90. The van der Waals surface area contributed by atoms with Gasteiger partial charge in [-0.3, -0.25) is 0 Å². The van der Waals surface area contributed by atoms with Gasteiger partial charge in [0.25, 0.3) is 0 Å². The summed E-state index contributed by atoms with van der Waals surface area (Å²) in [5.74, 6) is 0.647. The zero-order chi connectivity index (χ0) is 21.2. The van der Waals surface area contributed by atoms with Crippen LogP contribution in [0.25, 0.3) is 10.8 Å². The van der Waals surface area contributed by atoms with Gasteiger partial charge < -0.3 is 9.84 Å². The van der Waals surface area contributed by atoms with Gasteiger partial charge in [-0.25, -0.2) is 13.1 Å².